The van der Waals surface area contributed by atoms with E-state index in [2.05, 4.69) is 17.5 Å². The minimum absolute atomic E-state index is 0.225. The van der Waals surface area contributed by atoms with Crippen LogP contribution in [0.15, 0.2) is 36.4 Å². The van der Waals surface area contributed by atoms with E-state index in [1.165, 1.54) is 18.4 Å². The van der Waals surface area contributed by atoms with E-state index in [-0.39, 0.29) is 11.8 Å². The van der Waals surface area contributed by atoms with Crippen LogP contribution in [0.2, 0.25) is 0 Å². The molecule has 100 valence electrons. The molecule has 0 heterocycles. The normalized spacial score (nSPS) is 29.0. The Hall–Kier alpha value is -1.57. The molecular weight excluding hydrogens is 234 g/mol. The Bertz CT molecular complexity index is 490. The molecular formula is C17H21NO. The third kappa shape index (κ3) is 2.73. The molecule has 3 rings (SSSR count). The summed E-state index contributed by atoms with van der Waals surface area (Å²) < 4.78 is 0. The summed E-state index contributed by atoms with van der Waals surface area (Å²) in [5, 5.41) is 3.08. The molecule has 1 aromatic rings. The molecule has 1 fully saturated rings. The van der Waals surface area contributed by atoms with Crippen molar-refractivity contribution < 1.29 is 4.79 Å². The largest absolute Gasteiger partial charge is 0.326 e. The number of carbonyl (C=O) groups excluding carboxylic acids is 1. The molecule has 2 heteroatoms. The molecule has 2 nitrogen and oxygen atoms in total. The lowest BCUT2D eigenvalue weighted by atomic mass is 10.1. The fourth-order valence-corrected chi connectivity index (χ4v) is 3.38. The zero-order chi connectivity index (χ0) is 13.2. The highest BCUT2D eigenvalue weighted by atomic mass is 16.2. The van der Waals surface area contributed by atoms with Crippen LogP contribution in [-0.2, 0) is 4.79 Å². The fraction of sp³-hybridized carbons (Fsp3) is 0.471. The van der Waals surface area contributed by atoms with Crippen LogP contribution in [0.4, 0.5) is 5.69 Å². The molecule has 1 N–H and O–H groups in total. The van der Waals surface area contributed by atoms with Crippen LogP contribution in [0.5, 0.6) is 0 Å². The van der Waals surface area contributed by atoms with Crippen LogP contribution in [0.1, 0.15) is 31.2 Å². The molecule has 0 spiro atoms. The van der Waals surface area contributed by atoms with Crippen molar-refractivity contribution in [1.29, 1.82) is 0 Å². The molecule has 0 unspecified atom stereocenters. The van der Waals surface area contributed by atoms with E-state index >= 15 is 0 Å². The molecule has 0 aromatic heterocycles. The van der Waals surface area contributed by atoms with Crippen LogP contribution >= 0.6 is 0 Å². The van der Waals surface area contributed by atoms with E-state index in [4.69, 9.17) is 0 Å². The van der Waals surface area contributed by atoms with Crippen molar-refractivity contribution in [3.8, 4) is 0 Å². The number of benzene rings is 1. The average molecular weight is 255 g/mol. The van der Waals surface area contributed by atoms with Gasteiger partial charge in [-0.15, -0.1) is 0 Å². The van der Waals surface area contributed by atoms with Crippen LogP contribution in [0, 0.1) is 24.7 Å². The predicted molar refractivity (Wildman–Crippen MR) is 77.9 cm³/mol. The lowest BCUT2D eigenvalue weighted by Crippen LogP contribution is -2.15. The van der Waals surface area contributed by atoms with Crippen molar-refractivity contribution >= 4 is 11.6 Å². The number of fused-ring (bicyclic) bond motifs is 1. The Kier molecular flexibility index (Phi) is 3.41. The summed E-state index contributed by atoms with van der Waals surface area (Å²) in [6.07, 6.45) is 9.15. The molecule has 0 aliphatic heterocycles. The highest BCUT2D eigenvalue weighted by Gasteiger charge is 2.53. The quantitative estimate of drug-likeness (QED) is 0.797. The van der Waals surface area contributed by atoms with Gasteiger partial charge in [0.25, 0.3) is 0 Å². The van der Waals surface area contributed by atoms with Crippen molar-refractivity contribution in [3.05, 3.63) is 42.0 Å². The topological polar surface area (TPSA) is 29.1 Å². The smallest absolute Gasteiger partial charge is 0.228 e. The van der Waals surface area contributed by atoms with Gasteiger partial charge >= 0.3 is 0 Å². The van der Waals surface area contributed by atoms with E-state index in [0.717, 1.165) is 18.5 Å². The average Bonchev–Trinajstić information content (AvgIpc) is 3.00. The van der Waals surface area contributed by atoms with Crippen LogP contribution in [0.3, 0.4) is 0 Å². The molecule has 0 radical (unpaired) electrons. The van der Waals surface area contributed by atoms with Gasteiger partial charge < -0.3 is 5.32 Å². The van der Waals surface area contributed by atoms with Gasteiger partial charge in [0, 0.05) is 11.6 Å². The third-order valence-corrected chi connectivity index (χ3v) is 4.42. The summed E-state index contributed by atoms with van der Waals surface area (Å²) in [4.78, 5) is 12.3. The first-order valence-electron chi connectivity index (χ1n) is 7.28. The zero-order valence-corrected chi connectivity index (χ0v) is 11.4. The molecule has 0 saturated heterocycles. The number of carbonyl (C=O) groups is 1. The Balaban J connectivity index is 1.63. The monoisotopic (exact) mass is 255 g/mol. The van der Waals surface area contributed by atoms with Gasteiger partial charge in [0.15, 0.2) is 0 Å². The number of hydrogen-bond acceptors (Lipinski definition) is 1. The van der Waals surface area contributed by atoms with E-state index in [1.807, 2.05) is 31.2 Å². The van der Waals surface area contributed by atoms with Gasteiger partial charge in [0.05, 0.1) is 0 Å². The number of nitrogens with one attached hydrogen (secondary N) is 1. The second-order valence-corrected chi connectivity index (χ2v) is 5.84. The lowest BCUT2D eigenvalue weighted by molar-refractivity contribution is -0.117. The first-order valence-corrected chi connectivity index (χ1v) is 7.28. The molecule has 2 aliphatic carbocycles. The molecule has 19 heavy (non-hydrogen) atoms. The predicted octanol–water partition coefficient (Wildman–Crippen LogP) is 3.93. The summed E-state index contributed by atoms with van der Waals surface area (Å²) in [5.41, 5.74) is 2.12. The van der Waals surface area contributed by atoms with Gasteiger partial charge in [0.2, 0.25) is 5.91 Å². The number of hydrogen-bond donors (Lipinski definition) is 1. The summed E-state index contributed by atoms with van der Waals surface area (Å²) in [5.74, 6) is 1.72. The first kappa shape index (κ1) is 12.5. The van der Waals surface area contributed by atoms with Gasteiger partial charge in [-0.1, -0.05) is 24.3 Å². The Morgan fingerprint density at radius 1 is 1.16 bits per heavy atom. The number of rotatable bonds is 2. The second kappa shape index (κ2) is 5.20. The zero-order valence-electron chi connectivity index (χ0n) is 11.4. The van der Waals surface area contributed by atoms with Crippen LogP contribution < -0.4 is 5.32 Å². The fourth-order valence-electron chi connectivity index (χ4n) is 3.38. The minimum atomic E-state index is 0.225. The number of amides is 1. The molecule has 1 amide bonds. The SMILES string of the molecule is Cc1cccc(NC(=O)C2[C@@H]3CCC=CCC[C@@H]23)c1. The summed E-state index contributed by atoms with van der Waals surface area (Å²) in [7, 11) is 0. The number of allylic oxidation sites excluding steroid dienone is 2. The van der Waals surface area contributed by atoms with Crippen LogP contribution in [-0.4, -0.2) is 5.91 Å². The maximum absolute atomic E-state index is 12.3. The van der Waals surface area contributed by atoms with Gasteiger partial charge in [0.1, 0.15) is 0 Å². The Morgan fingerprint density at radius 3 is 2.47 bits per heavy atom. The summed E-state index contributed by atoms with van der Waals surface area (Å²) >= 11 is 0. The third-order valence-electron chi connectivity index (χ3n) is 4.42. The van der Waals surface area contributed by atoms with E-state index in [9.17, 15) is 4.79 Å². The first-order chi connectivity index (χ1) is 9.25. The maximum Gasteiger partial charge on any atom is 0.228 e. The Morgan fingerprint density at radius 2 is 1.84 bits per heavy atom. The maximum atomic E-state index is 12.3. The van der Waals surface area contributed by atoms with E-state index < -0.39 is 0 Å². The van der Waals surface area contributed by atoms with Gasteiger partial charge in [-0.3, -0.25) is 4.79 Å². The number of anilines is 1. The summed E-state index contributed by atoms with van der Waals surface area (Å²) in [6.45, 7) is 2.05. The van der Waals surface area contributed by atoms with Crippen molar-refractivity contribution in [2.75, 3.05) is 5.32 Å². The molecule has 2 atom stereocenters. The highest BCUT2D eigenvalue weighted by Crippen LogP contribution is 2.53. The summed E-state index contributed by atoms with van der Waals surface area (Å²) in [6, 6.07) is 8.04. The van der Waals surface area contributed by atoms with Gasteiger partial charge in [-0.2, -0.15) is 0 Å². The minimum Gasteiger partial charge on any atom is -0.326 e. The molecule has 0 bridgehead atoms. The van der Waals surface area contributed by atoms with Crippen molar-refractivity contribution in [1.82, 2.24) is 0 Å². The molecule has 1 saturated carbocycles. The van der Waals surface area contributed by atoms with Crippen molar-refractivity contribution in [2.24, 2.45) is 17.8 Å². The van der Waals surface area contributed by atoms with Crippen molar-refractivity contribution in [2.45, 2.75) is 32.6 Å². The lowest BCUT2D eigenvalue weighted by Gasteiger charge is -2.05. The van der Waals surface area contributed by atoms with E-state index in [0.29, 0.717) is 11.8 Å². The standard InChI is InChI=1S/C17H21NO/c1-12-7-6-8-13(11-12)18-17(19)16-14-9-4-2-3-5-10-15(14)16/h2-3,6-8,11,14-16H,4-5,9-10H2,1H3,(H,18,19)/t14-,15-/m1/s1. The van der Waals surface area contributed by atoms with E-state index in [1.54, 1.807) is 0 Å². The van der Waals surface area contributed by atoms with Gasteiger partial charge in [-0.25, -0.2) is 0 Å². The van der Waals surface area contributed by atoms with Gasteiger partial charge in [-0.05, 0) is 62.1 Å². The Labute approximate surface area is 114 Å². The second-order valence-electron chi connectivity index (χ2n) is 5.84. The van der Waals surface area contributed by atoms with Crippen molar-refractivity contribution in [3.63, 3.8) is 0 Å². The molecule has 2 aliphatic rings. The highest BCUT2D eigenvalue weighted by molar-refractivity contribution is 5.94. The molecule has 1 aromatic carbocycles. The van der Waals surface area contributed by atoms with Crippen LogP contribution in [0.25, 0.3) is 0 Å². The number of aryl methyl sites for hydroxylation is 1.